The molecule has 6 heteroatoms. The lowest BCUT2D eigenvalue weighted by Crippen LogP contribution is -2.24. The molecule has 2 rings (SSSR count). The maximum atomic E-state index is 11.5. The molecule has 0 radical (unpaired) electrons. The van der Waals surface area contributed by atoms with Crippen molar-refractivity contribution < 1.29 is 9.32 Å². The number of carbonyl (C=O) groups excluding carboxylic acids is 1. The Kier molecular flexibility index (Phi) is 3.31. The summed E-state index contributed by atoms with van der Waals surface area (Å²) in [7, 11) is 0. The average molecular weight is 237 g/mol. The number of carbonyl (C=O) groups is 1. The molecule has 0 aliphatic heterocycles. The number of rotatable bonds is 4. The van der Waals surface area contributed by atoms with Crippen LogP contribution in [0.5, 0.6) is 0 Å². The quantitative estimate of drug-likeness (QED) is 0.882. The molecule has 2 aromatic rings. The number of hydrogen-bond acceptors (Lipinski definition) is 5. The van der Waals surface area contributed by atoms with Crippen molar-refractivity contribution in [2.75, 3.05) is 6.54 Å². The topological polar surface area (TPSA) is 68.0 Å². The van der Waals surface area contributed by atoms with Gasteiger partial charge in [0.2, 0.25) is 5.82 Å². The van der Waals surface area contributed by atoms with Crippen molar-refractivity contribution in [1.29, 1.82) is 0 Å². The minimum atomic E-state index is -0.322. The molecule has 0 unspecified atom stereocenters. The first-order valence-corrected chi connectivity index (χ1v) is 5.85. The van der Waals surface area contributed by atoms with E-state index in [9.17, 15) is 4.79 Å². The molecule has 0 spiro atoms. The van der Waals surface area contributed by atoms with Crippen LogP contribution < -0.4 is 5.32 Å². The Hall–Kier alpha value is -1.69. The van der Waals surface area contributed by atoms with E-state index in [0.717, 1.165) is 11.3 Å². The highest BCUT2D eigenvalue weighted by Gasteiger charge is 2.15. The van der Waals surface area contributed by atoms with Crippen LogP contribution in [0.15, 0.2) is 22.0 Å². The van der Waals surface area contributed by atoms with Crippen molar-refractivity contribution in [3.63, 3.8) is 0 Å². The molecular formula is C10H11N3O2S. The van der Waals surface area contributed by atoms with Gasteiger partial charge in [0.1, 0.15) is 0 Å². The van der Waals surface area contributed by atoms with Gasteiger partial charge in [0.25, 0.3) is 0 Å². The van der Waals surface area contributed by atoms with Crippen molar-refractivity contribution in [3.8, 4) is 10.7 Å². The zero-order valence-corrected chi connectivity index (χ0v) is 9.58. The van der Waals surface area contributed by atoms with Crippen LogP contribution in [0, 0.1) is 0 Å². The molecular weight excluding hydrogens is 226 g/mol. The molecule has 2 aromatic heterocycles. The van der Waals surface area contributed by atoms with Gasteiger partial charge < -0.3 is 9.84 Å². The van der Waals surface area contributed by atoms with Crippen LogP contribution >= 0.6 is 11.3 Å². The zero-order valence-electron chi connectivity index (χ0n) is 8.77. The SMILES string of the molecule is CCCNC(=O)c1nc(-c2cccs2)no1. The number of nitrogens with zero attached hydrogens (tertiary/aromatic N) is 2. The van der Waals surface area contributed by atoms with Gasteiger partial charge in [-0.1, -0.05) is 18.1 Å². The summed E-state index contributed by atoms with van der Waals surface area (Å²) in [5, 5.41) is 8.35. The van der Waals surface area contributed by atoms with Crippen molar-refractivity contribution in [3.05, 3.63) is 23.4 Å². The standard InChI is InChI=1S/C10H11N3O2S/c1-2-5-11-9(14)10-12-8(13-15-10)7-4-3-6-16-7/h3-4,6H,2,5H2,1H3,(H,11,14). The fourth-order valence-electron chi connectivity index (χ4n) is 1.14. The predicted molar refractivity (Wildman–Crippen MR) is 60.2 cm³/mol. The van der Waals surface area contributed by atoms with Gasteiger partial charge in [-0.3, -0.25) is 4.79 Å². The van der Waals surface area contributed by atoms with Gasteiger partial charge in [-0.2, -0.15) is 4.98 Å². The molecule has 0 atom stereocenters. The van der Waals surface area contributed by atoms with Crippen LogP contribution in [0.4, 0.5) is 0 Å². The average Bonchev–Trinajstić information content (AvgIpc) is 2.94. The fourth-order valence-corrected chi connectivity index (χ4v) is 1.78. The Morgan fingerprint density at radius 2 is 2.50 bits per heavy atom. The number of amides is 1. The summed E-state index contributed by atoms with van der Waals surface area (Å²) in [6.07, 6.45) is 0.873. The van der Waals surface area contributed by atoms with E-state index in [2.05, 4.69) is 15.5 Å². The molecule has 2 heterocycles. The third-order valence-electron chi connectivity index (χ3n) is 1.90. The lowest BCUT2D eigenvalue weighted by Gasteiger charge is -1.96. The van der Waals surface area contributed by atoms with Crippen LogP contribution in [0.3, 0.4) is 0 Å². The van der Waals surface area contributed by atoms with Crippen LogP contribution in [-0.4, -0.2) is 22.6 Å². The summed E-state index contributed by atoms with van der Waals surface area (Å²) < 4.78 is 4.88. The van der Waals surface area contributed by atoms with Gasteiger partial charge in [-0.15, -0.1) is 11.3 Å². The molecule has 0 aliphatic rings. The summed E-state index contributed by atoms with van der Waals surface area (Å²) in [4.78, 5) is 16.4. The highest BCUT2D eigenvalue weighted by atomic mass is 32.1. The molecule has 0 saturated heterocycles. The van der Waals surface area contributed by atoms with E-state index >= 15 is 0 Å². The van der Waals surface area contributed by atoms with E-state index in [0.29, 0.717) is 12.4 Å². The Morgan fingerprint density at radius 3 is 3.19 bits per heavy atom. The second kappa shape index (κ2) is 4.89. The number of aromatic nitrogens is 2. The van der Waals surface area contributed by atoms with E-state index < -0.39 is 0 Å². The Bertz CT molecular complexity index is 464. The van der Waals surface area contributed by atoms with Crippen molar-refractivity contribution in [2.24, 2.45) is 0 Å². The first-order chi connectivity index (χ1) is 7.81. The smallest absolute Gasteiger partial charge is 0.316 e. The fraction of sp³-hybridized carbons (Fsp3) is 0.300. The lowest BCUT2D eigenvalue weighted by atomic mass is 10.4. The second-order valence-corrected chi connectivity index (χ2v) is 4.10. The van der Waals surface area contributed by atoms with Gasteiger partial charge >= 0.3 is 11.8 Å². The maximum absolute atomic E-state index is 11.5. The third kappa shape index (κ3) is 2.27. The number of nitrogens with one attached hydrogen (secondary N) is 1. The maximum Gasteiger partial charge on any atom is 0.316 e. The summed E-state index contributed by atoms with van der Waals surface area (Å²) >= 11 is 1.50. The van der Waals surface area contributed by atoms with Gasteiger partial charge in [0.05, 0.1) is 4.88 Å². The molecule has 1 N–H and O–H groups in total. The van der Waals surface area contributed by atoms with E-state index in [4.69, 9.17) is 4.52 Å². The minimum Gasteiger partial charge on any atom is -0.348 e. The molecule has 0 bridgehead atoms. The van der Waals surface area contributed by atoms with E-state index in [1.165, 1.54) is 11.3 Å². The summed E-state index contributed by atoms with van der Waals surface area (Å²) in [6, 6.07) is 3.77. The molecule has 0 fully saturated rings. The Balaban J connectivity index is 2.11. The number of hydrogen-bond donors (Lipinski definition) is 1. The third-order valence-corrected chi connectivity index (χ3v) is 2.76. The van der Waals surface area contributed by atoms with Crippen LogP contribution in [-0.2, 0) is 0 Å². The Morgan fingerprint density at radius 1 is 1.62 bits per heavy atom. The number of thiophene rings is 1. The first kappa shape index (κ1) is 10.8. The van der Waals surface area contributed by atoms with E-state index in [1.54, 1.807) is 0 Å². The normalized spacial score (nSPS) is 10.3. The van der Waals surface area contributed by atoms with Crippen LogP contribution in [0.1, 0.15) is 24.0 Å². The summed E-state index contributed by atoms with van der Waals surface area (Å²) in [6.45, 7) is 2.58. The van der Waals surface area contributed by atoms with E-state index in [1.807, 2.05) is 24.4 Å². The van der Waals surface area contributed by atoms with Crippen LogP contribution in [0.2, 0.25) is 0 Å². The van der Waals surface area contributed by atoms with Gasteiger partial charge in [0, 0.05) is 6.54 Å². The summed E-state index contributed by atoms with van der Waals surface area (Å²) in [5.41, 5.74) is 0. The van der Waals surface area contributed by atoms with E-state index in [-0.39, 0.29) is 11.8 Å². The highest BCUT2D eigenvalue weighted by molar-refractivity contribution is 7.13. The highest BCUT2D eigenvalue weighted by Crippen LogP contribution is 2.21. The lowest BCUT2D eigenvalue weighted by molar-refractivity contribution is 0.0910. The minimum absolute atomic E-state index is 0.0110. The second-order valence-electron chi connectivity index (χ2n) is 3.16. The van der Waals surface area contributed by atoms with Crippen molar-refractivity contribution >= 4 is 17.2 Å². The van der Waals surface area contributed by atoms with Gasteiger partial charge in [0.15, 0.2) is 0 Å². The molecule has 84 valence electrons. The molecule has 0 saturated carbocycles. The monoisotopic (exact) mass is 237 g/mol. The van der Waals surface area contributed by atoms with Crippen LogP contribution in [0.25, 0.3) is 10.7 Å². The van der Waals surface area contributed by atoms with Crippen molar-refractivity contribution in [1.82, 2.24) is 15.5 Å². The van der Waals surface area contributed by atoms with Gasteiger partial charge in [-0.25, -0.2) is 0 Å². The van der Waals surface area contributed by atoms with Gasteiger partial charge in [-0.05, 0) is 17.9 Å². The Labute approximate surface area is 96.5 Å². The molecule has 5 nitrogen and oxygen atoms in total. The predicted octanol–water partition coefficient (Wildman–Crippen LogP) is 1.94. The molecule has 0 aromatic carbocycles. The summed E-state index contributed by atoms with van der Waals surface area (Å²) in [5.74, 6) is 0.144. The largest absolute Gasteiger partial charge is 0.348 e. The zero-order chi connectivity index (χ0) is 11.4. The molecule has 16 heavy (non-hydrogen) atoms. The molecule has 0 aliphatic carbocycles. The van der Waals surface area contributed by atoms with Crippen molar-refractivity contribution in [2.45, 2.75) is 13.3 Å². The molecule has 1 amide bonds. The first-order valence-electron chi connectivity index (χ1n) is 4.97.